The van der Waals surface area contributed by atoms with Gasteiger partial charge in [-0.1, -0.05) is 6.92 Å². The lowest BCUT2D eigenvalue weighted by Crippen LogP contribution is -2.42. The van der Waals surface area contributed by atoms with Crippen LogP contribution in [0.25, 0.3) is 0 Å². The molecule has 2 saturated heterocycles. The molecule has 2 aliphatic rings. The van der Waals surface area contributed by atoms with Gasteiger partial charge in [-0.25, -0.2) is 8.42 Å². The summed E-state index contributed by atoms with van der Waals surface area (Å²) in [5.74, 6) is 0.0239. The molecule has 0 spiro atoms. The number of piperidine rings is 1. The number of carbonyl (C=O) groups excluding carboxylic acids is 1. The lowest BCUT2D eigenvalue weighted by molar-refractivity contribution is -0.384. The first-order chi connectivity index (χ1) is 14.8. The van der Waals surface area contributed by atoms with Crippen LogP contribution in [-0.4, -0.2) is 81.4 Å². The van der Waals surface area contributed by atoms with Crippen LogP contribution in [-0.2, 0) is 19.6 Å². The largest absolute Gasteiger partial charge is 0.379 e. The van der Waals surface area contributed by atoms with Gasteiger partial charge in [0, 0.05) is 51.8 Å². The number of benzene rings is 1. The van der Waals surface area contributed by atoms with Crippen molar-refractivity contribution >= 4 is 27.3 Å². The predicted octanol–water partition coefficient (Wildman–Crippen LogP) is 1.70. The Hall–Kier alpha value is -2.24. The van der Waals surface area contributed by atoms with Crippen molar-refractivity contribution in [2.45, 2.75) is 31.1 Å². The van der Waals surface area contributed by atoms with E-state index in [1.807, 2.05) is 11.8 Å². The first-order valence-electron chi connectivity index (χ1n) is 10.6. The molecule has 0 N–H and O–H groups in total. The maximum atomic E-state index is 12.9. The number of rotatable bonds is 7. The fourth-order valence-electron chi connectivity index (χ4n) is 4.14. The third kappa shape index (κ3) is 5.16. The molecule has 1 aromatic carbocycles. The summed E-state index contributed by atoms with van der Waals surface area (Å²) in [5.41, 5.74) is 0.154. The van der Waals surface area contributed by atoms with E-state index in [0.717, 1.165) is 12.5 Å². The van der Waals surface area contributed by atoms with Gasteiger partial charge in [-0.15, -0.1) is 0 Å². The van der Waals surface area contributed by atoms with Crippen LogP contribution in [0.3, 0.4) is 0 Å². The Morgan fingerprint density at radius 1 is 1.23 bits per heavy atom. The van der Waals surface area contributed by atoms with E-state index >= 15 is 0 Å². The fraction of sp³-hybridized carbons (Fsp3) is 0.650. The van der Waals surface area contributed by atoms with Crippen LogP contribution in [0, 0.1) is 16.0 Å². The van der Waals surface area contributed by atoms with Crippen LogP contribution < -0.4 is 4.90 Å². The van der Waals surface area contributed by atoms with Crippen molar-refractivity contribution in [3.05, 3.63) is 28.3 Å². The van der Waals surface area contributed by atoms with Crippen molar-refractivity contribution in [2.75, 3.05) is 57.9 Å². The highest BCUT2D eigenvalue weighted by Crippen LogP contribution is 2.34. The zero-order chi connectivity index (χ0) is 22.6. The van der Waals surface area contributed by atoms with Crippen LogP contribution in [0.5, 0.6) is 0 Å². The molecule has 0 aromatic heterocycles. The van der Waals surface area contributed by atoms with Gasteiger partial charge in [0.25, 0.3) is 5.69 Å². The van der Waals surface area contributed by atoms with Gasteiger partial charge in [-0.3, -0.25) is 14.9 Å². The number of sulfonamides is 1. The Kier molecular flexibility index (Phi) is 7.50. The van der Waals surface area contributed by atoms with Crippen LogP contribution in [0.4, 0.5) is 11.4 Å². The van der Waals surface area contributed by atoms with Gasteiger partial charge in [-0.05, 0) is 31.4 Å². The Labute approximate surface area is 182 Å². The molecular weight excluding hydrogens is 424 g/mol. The molecule has 2 heterocycles. The molecule has 31 heavy (non-hydrogen) atoms. The lowest BCUT2D eigenvalue weighted by atomic mass is 9.95. The van der Waals surface area contributed by atoms with Crippen LogP contribution in [0.2, 0.25) is 0 Å². The van der Waals surface area contributed by atoms with E-state index in [2.05, 4.69) is 0 Å². The summed E-state index contributed by atoms with van der Waals surface area (Å²) in [6, 6.07) is 4.09. The zero-order valence-corrected chi connectivity index (χ0v) is 18.8. The molecule has 2 aliphatic heterocycles. The van der Waals surface area contributed by atoms with Gasteiger partial charge in [0.2, 0.25) is 15.9 Å². The van der Waals surface area contributed by atoms with E-state index < -0.39 is 14.9 Å². The summed E-state index contributed by atoms with van der Waals surface area (Å²) in [6.07, 6.45) is 2.11. The molecular formula is C20H30N4O6S. The van der Waals surface area contributed by atoms with Gasteiger partial charge in [0.1, 0.15) is 5.69 Å². The Bertz CT molecular complexity index is 908. The number of morpholine rings is 1. The molecule has 0 saturated carbocycles. The van der Waals surface area contributed by atoms with Crippen molar-refractivity contribution in [3.8, 4) is 0 Å². The third-order valence-electron chi connectivity index (χ3n) is 5.87. The average Bonchev–Trinajstić information content (AvgIpc) is 2.79. The molecule has 1 amide bonds. The molecule has 3 rings (SSSR count). The Balaban J connectivity index is 1.77. The minimum Gasteiger partial charge on any atom is -0.379 e. The molecule has 2 fully saturated rings. The molecule has 11 heteroatoms. The molecule has 172 valence electrons. The molecule has 0 bridgehead atoms. The second-order valence-electron chi connectivity index (χ2n) is 7.95. The summed E-state index contributed by atoms with van der Waals surface area (Å²) in [6.45, 7) is 4.82. The Morgan fingerprint density at radius 3 is 2.45 bits per heavy atom. The van der Waals surface area contributed by atoms with Crippen molar-refractivity contribution in [3.63, 3.8) is 0 Å². The molecule has 0 radical (unpaired) electrons. The predicted molar refractivity (Wildman–Crippen MR) is 116 cm³/mol. The number of anilines is 1. The number of nitro groups is 1. The van der Waals surface area contributed by atoms with Crippen molar-refractivity contribution in [1.82, 2.24) is 9.21 Å². The monoisotopic (exact) mass is 454 g/mol. The number of ether oxygens (including phenoxy) is 1. The number of nitrogens with zero attached hydrogens (tertiary/aromatic N) is 4. The average molecular weight is 455 g/mol. The Morgan fingerprint density at radius 2 is 1.87 bits per heavy atom. The third-order valence-corrected chi connectivity index (χ3v) is 7.77. The van der Waals surface area contributed by atoms with Gasteiger partial charge in [0.05, 0.1) is 23.0 Å². The van der Waals surface area contributed by atoms with Gasteiger partial charge in [0.15, 0.2) is 0 Å². The molecule has 0 aliphatic carbocycles. The highest BCUT2D eigenvalue weighted by molar-refractivity contribution is 7.89. The molecule has 1 aromatic rings. The van der Waals surface area contributed by atoms with Gasteiger partial charge >= 0.3 is 0 Å². The normalized spacial score (nSPS) is 18.7. The standard InChI is InChI=1S/C20H30N4O6S/c1-3-8-21(2)20(25)16-6-9-22(10-7-16)18-5-4-17(15-19(18)24(26)27)31(28,29)23-11-13-30-14-12-23/h4-5,15-16H,3,6-14H2,1-2H3. The summed E-state index contributed by atoms with van der Waals surface area (Å²) in [7, 11) is -2.02. The van der Waals surface area contributed by atoms with Crippen molar-refractivity contribution < 1.29 is 22.9 Å². The van der Waals surface area contributed by atoms with Crippen molar-refractivity contribution in [1.29, 1.82) is 0 Å². The first-order valence-corrected chi connectivity index (χ1v) is 12.1. The second-order valence-corrected chi connectivity index (χ2v) is 9.88. The SMILES string of the molecule is CCCN(C)C(=O)C1CCN(c2ccc(S(=O)(=O)N3CCOCC3)cc2[N+](=O)[O-])CC1. The highest BCUT2D eigenvalue weighted by atomic mass is 32.2. The summed E-state index contributed by atoms with van der Waals surface area (Å²) >= 11 is 0. The van der Waals surface area contributed by atoms with Gasteiger partial charge in [-0.2, -0.15) is 4.31 Å². The smallest absolute Gasteiger partial charge is 0.293 e. The van der Waals surface area contributed by atoms with E-state index in [0.29, 0.717) is 51.4 Å². The van der Waals surface area contributed by atoms with Crippen LogP contribution in [0.1, 0.15) is 26.2 Å². The number of carbonyl (C=O) groups is 1. The topological polar surface area (TPSA) is 113 Å². The summed E-state index contributed by atoms with van der Waals surface area (Å²) in [5, 5.41) is 11.7. The maximum absolute atomic E-state index is 12.9. The number of nitro benzene ring substituents is 1. The van der Waals surface area contributed by atoms with Gasteiger partial charge < -0.3 is 14.5 Å². The van der Waals surface area contributed by atoms with Crippen LogP contribution >= 0.6 is 0 Å². The summed E-state index contributed by atoms with van der Waals surface area (Å²) in [4.78, 5) is 27.3. The molecule has 10 nitrogen and oxygen atoms in total. The fourth-order valence-corrected chi connectivity index (χ4v) is 5.57. The number of amides is 1. The van der Waals surface area contributed by atoms with E-state index in [1.165, 1.54) is 16.4 Å². The van der Waals surface area contributed by atoms with E-state index in [9.17, 15) is 23.3 Å². The number of hydrogen-bond acceptors (Lipinski definition) is 7. The first kappa shape index (κ1) is 23.4. The van der Waals surface area contributed by atoms with Crippen LogP contribution in [0.15, 0.2) is 23.1 Å². The van der Waals surface area contributed by atoms with E-state index in [4.69, 9.17) is 4.74 Å². The lowest BCUT2D eigenvalue weighted by Gasteiger charge is -2.34. The zero-order valence-electron chi connectivity index (χ0n) is 18.0. The number of hydrogen-bond donors (Lipinski definition) is 0. The molecule has 0 unspecified atom stereocenters. The highest BCUT2D eigenvalue weighted by Gasteiger charge is 2.32. The minimum atomic E-state index is -3.82. The van der Waals surface area contributed by atoms with Crippen molar-refractivity contribution in [2.24, 2.45) is 5.92 Å². The quantitative estimate of drug-likeness (QED) is 0.455. The maximum Gasteiger partial charge on any atom is 0.293 e. The summed E-state index contributed by atoms with van der Waals surface area (Å²) < 4.78 is 32.2. The van der Waals surface area contributed by atoms with E-state index in [1.54, 1.807) is 11.9 Å². The second kappa shape index (κ2) is 9.92. The minimum absolute atomic E-state index is 0.0869. The molecule has 0 atom stereocenters. The van der Waals surface area contributed by atoms with E-state index in [-0.39, 0.29) is 35.5 Å².